The fraction of sp³-hybridized carbons (Fsp3) is 0.500. The number of hydrogen-bond acceptors (Lipinski definition) is 2. The SMILES string of the molecule is CC1(C(=O)NCCc2ccccc2)CCCCC(=O)N1. The number of carbonyl (C=O) groups excluding carboxylic acids is 2. The second-order valence-corrected chi connectivity index (χ2v) is 5.58. The lowest BCUT2D eigenvalue weighted by Crippen LogP contribution is -2.56. The van der Waals surface area contributed by atoms with Gasteiger partial charge in [0.05, 0.1) is 0 Å². The van der Waals surface area contributed by atoms with E-state index in [1.165, 1.54) is 5.56 Å². The first-order valence-corrected chi connectivity index (χ1v) is 7.23. The summed E-state index contributed by atoms with van der Waals surface area (Å²) in [5.74, 6) is -0.105. The molecule has 2 N–H and O–H groups in total. The number of amides is 2. The van der Waals surface area contributed by atoms with E-state index >= 15 is 0 Å². The molecule has 1 fully saturated rings. The monoisotopic (exact) mass is 274 g/mol. The van der Waals surface area contributed by atoms with Crippen LogP contribution in [-0.4, -0.2) is 23.9 Å². The van der Waals surface area contributed by atoms with Crippen molar-refractivity contribution < 1.29 is 9.59 Å². The number of rotatable bonds is 4. The van der Waals surface area contributed by atoms with Crippen molar-refractivity contribution in [3.63, 3.8) is 0 Å². The number of benzene rings is 1. The Labute approximate surface area is 119 Å². The molecule has 0 radical (unpaired) electrons. The summed E-state index contributed by atoms with van der Waals surface area (Å²) < 4.78 is 0. The molecule has 20 heavy (non-hydrogen) atoms. The zero-order valence-corrected chi connectivity index (χ0v) is 11.9. The van der Waals surface area contributed by atoms with Crippen LogP contribution < -0.4 is 10.6 Å². The molecule has 1 aliphatic rings. The molecule has 1 atom stereocenters. The van der Waals surface area contributed by atoms with E-state index in [0.717, 1.165) is 19.3 Å². The van der Waals surface area contributed by atoms with E-state index in [-0.39, 0.29) is 11.8 Å². The average molecular weight is 274 g/mol. The third kappa shape index (κ3) is 3.83. The Bertz CT molecular complexity index is 473. The van der Waals surface area contributed by atoms with Crippen LogP contribution in [0.4, 0.5) is 0 Å². The highest BCUT2D eigenvalue weighted by molar-refractivity contribution is 5.91. The van der Waals surface area contributed by atoms with Gasteiger partial charge in [0.2, 0.25) is 11.8 Å². The van der Waals surface area contributed by atoms with Gasteiger partial charge in [0.15, 0.2) is 0 Å². The van der Waals surface area contributed by atoms with Gasteiger partial charge >= 0.3 is 0 Å². The van der Waals surface area contributed by atoms with Gasteiger partial charge in [-0.15, -0.1) is 0 Å². The minimum Gasteiger partial charge on any atom is -0.354 e. The molecule has 1 unspecified atom stereocenters. The maximum Gasteiger partial charge on any atom is 0.245 e. The predicted molar refractivity (Wildman–Crippen MR) is 78.2 cm³/mol. The zero-order chi connectivity index (χ0) is 14.4. The summed E-state index contributed by atoms with van der Waals surface area (Å²) in [4.78, 5) is 23.9. The minimum atomic E-state index is -0.760. The Balaban J connectivity index is 1.85. The van der Waals surface area contributed by atoms with Crippen LogP contribution in [0.3, 0.4) is 0 Å². The Hall–Kier alpha value is -1.84. The van der Waals surface area contributed by atoms with E-state index < -0.39 is 5.54 Å². The van der Waals surface area contributed by atoms with E-state index in [2.05, 4.69) is 10.6 Å². The van der Waals surface area contributed by atoms with Gasteiger partial charge < -0.3 is 10.6 Å². The van der Waals surface area contributed by atoms with Crippen molar-refractivity contribution in [1.29, 1.82) is 0 Å². The van der Waals surface area contributed by atoms with Crippen LogP contribution in [-0.2, 0) is 16.0 Å². The summed E-state index contributed by atoms with van der Waals surface area (Å²) in [5.41, 5.74) is 0.437. The first-order valence-electron chi connectivity index (χ1n) is 7.23. The predicted octanol–water partition coefficient (Wildman–Crippen LogP) is 1.79. The standard InChI is InChI=1S/C16H22N2O2/c1-16(11-6-5-9-14(19)18-16)15(20)17-12-10-13-7-3-2-4-8-13/h2-4,7-8H,5-6,9-12H2,1H3,(H,17,20)(H,18,19). The van der Waals surface area contributed by atoms with Crippen molar-refractivity contribution in [2.45, 2.75) is 44.6 Å². The van der Waals surface area contributed by atoms with Crippen molar-refractivity contribution in [2.75, 3.05) is 6.54 Å². The lowest BCUT2D eigenvalue weighted by atomic mass is 9.95. The molecule has 4 nitrogen and oxygen atoms in total. The maximum atomic E-state index is 12.3. The van der Waals surface area contributed by atoms with Gasteiger partial charge in [-0.1, -0.05) is 36.8 Å². The van der Waals surface area contributed by atoms with Gasteiger partial charge in [0, 0.05) is 13.0 Å². The van der Waals surface area contributed by atoms with Gasteiger partial charge in [0.25, 0.3) is 0 Å². The summed E-state index contributed by atoms with van der Waals surface area (Å²) in [5, 5.41) is 5.79. The highest BCUT2D eigenvalue weighted by Gasteiger charge is 2.35. The van der Waals surface area contributed by atoms with Crippen LogP contribution in [0.25, 0.3) is 0 Å². The van der Waals surface area contributed by atoms with Crippen molar-refractivity contribution in [1.82, 2.24) is 10.6 Å². The lowest BCUT2D eigenvalue weighted by molar-refractivity contribution is -0.132. The number of carbonyl (C=O) groups is 2. The normalized spacial score (nSPS) is 22.8. The summed E-state index contributed by atoms with van der Waals surface area (Å²) >= 11 is 0. The molecule has 108 valence electrons. The minimum absolute atomic E-state index is 0.0248. The average Bonchev–Trinajstić information content (AvgIpc) is 2.61. The summed E-state index contributed by atoms with van der Waals surface area (Å²) in [7, 11) is 0. The molecule has 1 saturated heterocycles. The molecule has 1 aliphatic heterocycles. The summed E-state index contributed by atoms with van der Waals surface area (Å²) in [6, 6.07) is 10.0. The van der Waals surface area contributed by atoms with Crippen molar-refractivity contribution >= 4 is 11.8 Å². The van der Waals surface area contributed by atoms with Crippen molar-refractivity contribution in [2.24, 2.45) is 0 Å². The molecule has 1 heterocycles. The van der Waals surface area contributed by atoms with E-state index in [1.807, 2.05) is 37.3 Å². The Kier molecular flexibility index (Phi) is 4.77. The Morgan fingerprint density at radius 3 is 2.80 bits per heavy atom. The molecule has 0 saturated carbocycles. The van der Waals surface area contributed by atoms with E-state index in [1.54, 1.807) is 0 Å². The van der Waals surface area contributed by atoms with Gasteiger partial charge in [-0.3, -0.25) is 9.59 Å². The van der Waals surface area contributed by atoms with Crippen LogP contribution in [0.15, 0.2) is 30.3 Å². The summed E-state index contributed by atoms with van der Waals surface area (Å²) in [6.45, 7) is 2.41. The highest BCUT2D eigenvalue weighted by atomic mass is 16.2. The second-order valence-electron chi connectivity index (χ2n) is 5.58. The van der Waals surface area contributed by atoms with Crippen molar-refractivity contribution in [3.05, 3.63) is 35.9 Å². The first-order chi connectivity index (χ1) is 9.60. The van der Waals surface area contributed by atoms with Gasteiger partial charge in [-0.25, -0.2) is 0 Å². The van der Waals surface area contributed by atoms with Crippen LogP contribution in [0, 0.1) is 0 Å². The third-order valence-electron chi connectivity index (χ3n) is 3.79. The maximum absolute atomic E-state index is 12.3. The van der Waals surface area contributed by atoms with Crippen LogP contribution in [0.5, 0.6) is 0 Å². The molecular formula is C16H22N2O2. The van der Waals surface area contributed by atoms with Gasteiger partial charge in [-0.05, 0) is 31.7 Å². The fourth-order valence-corrected chi connectivity index (χ4v) is 2.53. The summed E-state index contributed by atoms with van der Waals surface area (Å²) in [6.07, 6.45) is 3.79. The lowest BCUT2D eigenvalue weighted by Gasteiger charge is -2.27. The smallest absolute Gasteiger partial charge is 0.245 e. The topological polar surface area (TPSA) is 58.2 Å². The molecular weight excluding hydrogens is 252 g/mol. The number of hydrogen-bond donors (Lipinski definition) is 2. The van der Waals surface area contributed by atoms with Gasteiger partial charge in [-0.2, -0.15) is 0 Å². The second kappa shape index (κ2) is 6.55. The molecule has 0 aromatic heterocycles. The Morgan fingerprint density at radius 1 is 1.30 bits per heavy atom. The molecule has 2 rings (SSSR count). The van der Waals surface area contributed by atoms with E-state index in [9.17, 15) is 9.59 Å². The molecule has 1 aromatic rings. The van der Waals surface area contributed by atoms with Crippen LogP contribution in [0.1, 0.15) is 38.2 Å². The molecule has 2 amide bonds. The number of nitrogens with one attached hydrogen (secondary N) is 2. The van der Waals surface area contributed by atoms with Crippen molar-refractivity contribution in [3.8, 4) is 0 Å². The molecule has 0 aliphatic carbocycles. The molecule has 1 aromatic carbocycles. The largest absolute Gasteiger partial charge is 0.354 e. The highest BCUT2D eigenvalue weighted by Crippen LogP contribution is 2.19. The zero-order valence-electron chi connectivity index (χ0n) is 11.9. The molecule has 0 spiro atoms. The first kappa shape index (κ1) is 14.6. The van der Waals surface area contributed by atoms with E-state index in [0.29, 0.717) is 19.4 Å². The van der Waals surface area contributed by atoms with E-state index in [4.69, 9.17) is 0 Å². The fourth-order valence-electron chi connectivity index (χ4n) is 2.53. The molecule has 0 bridgehead atoms. The molecule has 4 heteroatoms. The Morgan fingerprint density at radius 2 is 2.05 bits per heavy atom. The quantitative estimate of drug-likeness (QED) is 0.879. The third-order valence-corrected chi connectivity index (χ3v) is 3.79. The van der Waals surface area contributed by atoms with Crippen LogP contribution >= 0.6 is 0 Å². The van der Waals surface area contributed by atoms with Crippen LogP contribution in [0.2, 0.25) is 0 Å². The van der Waals surface area contributed by atoms with Gasteiger partial charge in [0.1, 0.15) is 5.54 Å².